The van der Waals surface area contributed by atoms with Crippen molar-refractivity contribution in [3.63, 3.8) is 0 Å². The number of carbonyl (C=O) groups is 2. The average molecular weight is 442 g/mol. The summed E-state index contributed by atoms with van der Waals surface area (Å²) in [7, 11) is -4.55. The van der Waals surface area contributed by atoms with E-state index in [0.29, 0.717) is 12.8 Å². The maximum Gasteiger partial charge on any atom is 0.472 e. The van der Waals surface area contributed by atoms with E-state index in [1.165, 1.54) is 0 Å². The Kier molecular flexibility index (Phi) is 16.1. The number of hydrogen-bond acceptors (Lipinski definition) is 9. The van der Waals surface area contributed by atoms with Crippen molar-refractivity contribution in [2.75, 3.05) is 26.4 Å². The minimum atomic E-state index is -4.55. The predicted octanol–water partition coefficient (Wildman–Crippen LogP) is 2.09. The summed E-state index contributed by atoms with van der Waals surface area (Å²) in [6.45, 7) is 1.86. The van der Waals surface area contributed by atoms with Gasteiger partial charge in [0.1, 0.15) is 12.7 Å². The van der Waals surface area contributed by atoms with Crippen LogP contribution in [0.3, 0.4) is 0 Å². The van der Waals surface area contributed by atoms with Crippen LogP contribution in [0.1, 0.15) is 65.2 Å². The fourth-order valence-corrected chi connectivity index (χ4v) is 2.87. The lowest BCUT2D eigenvalue weighted by Gasteiger charge is -2.20. The first-order chi connectivity index (χ1) is 13.7. The summed E-state index contributed by atoms with van der Waals surface area (Å²) in [6, 6.07) is 0. The molecule has 0 saturated heterocycles. The van der Waals surface area contributed by atoms with Crippen molar-refractivity contribution in [3.05, 3.63) is 0 Å². The minimum Gasteiger partial charge on any atom is -0.462 e. The monoisotopic (exact) mass is 442 g/mol. The first-order valence-electron chi connectivity index (χ1n) is 9.99. The molecule has 0 radical (unpaired) electrons. The lowest BCUT2D eigenvalue weighted by atomic mass is 10.2. The fourth-order valence-electron chi connectivity index (χ4n) is 2.08. The van der Waals surface area contributed by atoms with E-state index in [9.17, 15) is 19.0 Å². The molecule has 0 aromatic rings. The van der Waals surface area contributed by atoms with Crippen molar-refractivity contribution < 1.29 is 47.8 Å². The second-order valence-electron chi connectivity index (χ2n) is 6.61. The van der Waals surface area contributed by atoms with Crippen LogP contribution < -0.4 is 0 Å². The van der Waals surface area contributed by atoms with Crippen LogP contribution >= 0.6 is 7.82 Å². The van der Waals surface area contributed by atoms with E-state index in [-0.39, 0.29) is 19.4 Å². The number of hydrogen-bond donors (Lipinski definition) is 3. The largest absolute Gasteiger partial charge is 0.472 e. The number of rotatable bonds is 18. The molecule has 172 valence electrons. The van der Waals surface area contributed by atoms with Crippen LogP contribution in [-0.4, -0.2) is 65.7 Å². The number of phosphoric ester groups is 1. The molecule has 0 aromatic heterocycles. The third-order valence-electron chi connectivity index (χ3n) is 3.76. The van der Waals surface area contributed by atoms with Crippen LogP contribution in [0, 0.1) is 0 Å². The van der Waals surface area contributed by atoms with E-state index in [0.717, 1.165) is 25.7 Å². The molecule has 0 saturated carbocycles. The minimum absolute atomic E-state index is 0.161. The number of unbranched alkanes of at least 4 members (excludes halogenated alkanes) is 4. The Balaban J connectivity index is 4.57. The van der Waals surface area contributed by atoms with Crippen LogP contribution in [0.25, 0.3) is 0 Å². The summed E-state index contributed by atoms with van der Waals surface area (Å²) < 4.78 is 31.4. The second-order valence-corrected chi connectivity index (χ2v) is 8.06. The summed E-state index contributed by atoms with van der Waals surface area (Å²) >= 11 is 0. The molecular weight excluding hydrogens is 407 g/mol. The molecule has 0 aliphatic rings. The van der Waals surface area contributed by atoms with Crippen molar-refractivity contribution >= 4 is 19.8 Å². The van der Waals surface area contributed by atoms with Gasteiger partial charge in [-0.3, -0.25) is 18.6 Å². The van der Waals surface area contributed by atoms with E-state index in [1.807, 2.05) is 6.92 Å². The maximum atomic E-state index is 11.8. The summed E-state index contributed by atoms with van der Waals surface area (Å²) in [6.07, 6.45) is 3.05. The smallest absolute Gasteiger partial charge is 0.462 e. The normalized spacial score (nSPS) is 15.3. The third kappa shape index (κ3) is 16.5. The zero-order chi connectivity index (χ0) is 22.1. The van der Waals surface area contributed by atoms with Gasteiger partial charge in [-0.2, -0.15) is 0 Å². The van der Waals surface area contributed by atoms with E-state index in [1.54, 1.807) is 0 Å². The number of phosphoric acid groups is 1. The summed E-state index contributed by atoms with van der Waals surface area (Å²) in [4.78, 5) is 33.2. The molecule has 0 heterocycles. The van der Waals surface area contributed by atoms with E-state index >= 15 is 0 Å². The molecule has 0 amide bonds. The van der Waals surface area contributed by atoms with Crippen LogP contribution in [0.2, 0.25) is 0 Å². The number of esters is 2. The number of aliphatic hydroxyl groups excluding tert-OH is 2. The Bertz CT molecular complexity index is 499. The number of aliphatic hydroxyl groups is 2. The van der Waals surface area contributed by atoms with Crippen molar-refractivity contribution in [2.45, 2.75) is 77.4 Å². The van der Waals surface area contributed by atoms with Crippen molar-refractivity contribution in [2.24, 2.45) is 0 Å². The van der Waals surface area contributed by atoms with Gasteiger partial charge in [0.05, 0.1) is 19.8 Å². The summed E-state index contributed by atoms with van der Waals surface area (Å²) in [5, 5.41) is 17.8. The molecule has 0 fully saturated rings. The average Bonchev–Trinajstić information content (AvgIpc) is 2.69. The molecule has 29 heavy (non-hydrogen) atoms. The highest BCUT2D eigenvalue weighted by Crippen LogP contribution is 2.43. The van der Waals surface area contributed by atoms with Gasteiger partial charge in [-0.1, -0.05) is 39.5 Å². The number of ether oxygens (including phenoxy) is 2. The van der Waals surface area contributed by atoms with E-state index < -0.39 is 51.8 Å². The molecule has 0 rings (SSSR count). The zero-order valence-corrected chi connectivity index (χ0v) is 18.2. The van der Waals surface area contributed by atoms with Crippen LogP contribution in [-0.2, 0) is 32.7 Å². The van der Waals surface area contributed by atoms with Gasteiger partial charge in [0.15, 0.2) is 6.10 Å². The van der Waals surface area contributed by atoms with Crippen molar-refractivity contribution in [3.8, 4) is 0 Å². The molecule has 0 aliphatic carbocycles. The first-order valence-corrected chi connectivity index (χ1v) is 11.5. The Hall–Kier alpha value is -1.03. The first kappa shape index (κ1) is 28.0. The van der Waals surface area contributed by atoms with Crippen molar-refractivity contribution in [1.29, 1.82) is 0 Å². The Morgan fingerprint density at radius 1 is 0.897 bits per heavy atom. The van der Waals surface area contributed by atoms with Crippen LogP contribution in [0.4, 0.5) is 0 Å². The van der Waals surface area contributed by atoms with Crippen LogP contribution in [0.5, 0.6) is 0 Å². The molecule has 10 nitrogen and oxygen atoms in total. The molecule has 0 aliphatic heterocycles. The van der Waals surface area contributed by atoms with Gasteiger partial charge in [0.25, 0.3) is 0 Å². The molecule has 0 bridgehead atoms. The highest BCUT2D eigenvalue weighted by molar-refractivity contribution is 7.47. The Morgan fingerprint density at radius 2 is 1.52 bits per heavy atom. The topological polar surface area (TPSA) is 149 Å². The molecule has 11 heteroatoms. The molecule has 0 aromatic carbocycles. The van der Waals surface area contributed by atoms with Crippen LogP contribution in [0.15, 0.2) is 0 Å². The fraction of sp³-hybridized carbons (Fsp3) is 0.889. The lowest BCUT2D eigenvalue weighted by Crippen LogP contribution is -2.29. The molecule has 0 spiro atoms. The Labute approximate surface area is 172 Å². The quantitative estimate of drug-likeness (QED) is 0.164. The predicted molar refractivity (Wildman–Crippen MR) is 104 cm³/mol. The van der Waals surface area contributed by atoms with Gasteiger partial charge in [-0.25, -0.2) is 4.57 Å². The highest BCUT2D eigenvalue weighted by atomic mass is 31.2. The molecular formula is C18H35O10P. The van der Waals surface area contributed by atoms with Gasteiger partial charge in [-0.15, -0.1) is 0 Å². The highest BCUT2D eigenvalue weighted by Gasteiger charge is 2.27. The van der Waals surface area contributed by atoms with Gasteiger partial charge < -0.3 is 24.6 Å². The molecule has 3 N–H and O–H groups in total. The third-order valence-corrected chi connectivity index (χ3v) is 4.71. The van der Waals surface area contributed by atoms with Gasteiger partial charge in [0.2, 0.25) is 0 Å². The SMILES string of the molecule is CCCCCCC(=O)OC[C@H](COP(=O)(O)OC[C@@H](O)CO)OC(=O)CCCC. The van der Waals surface area contributed by atoms with Gasteiger partial charge in [-0.05, 0) is 12.8 Å². The number of carbonyl (C=O) groups excluding carboxylic acids is 2. The van der Waals surface area contributed by atoms with E-state index in [4.69, 9.17) is 24.2 Å². The van der Waals surface area contributed by atoms with Crippen molar-refractivity contribution in [1.82, 2.24) is 0 Å². The maximum absolute atomic E-state index is 11.8. The molecule has 1 unspecified atom stereocenters. The second kappa shape index (κ2) is 16.7. The van der Waals surface area contributed by atoms with Gasteiger partial charge in [0, 0.05) is 12.8 Å². The lowest BCUT2D eigenvalue weighted by molar-refractivity contribution is -0.161. The molecule has 3 atom stereocenters. The van der Waals surface area contributed by atoms with E-state index in [2.05, 4.69) is 11.4 Å². The van der Waals surface area contributed by atoms with Gasteiger partial charge >= 0.3 is 19.8 Å². The zero-order valence-electron chi connectivity index (χ0n) is 17.3. The standard InChI is InChI=1S/C18H35O10P/c1-3-5-7-8-10-17(21)25-13-16(28-18(22)9-6-4-2)14-27-29(23,24)26-12-15(20)11-19/h15-16,19-20H,3-14H2,1-2H3,(H,23,24)/t15-,16+/m0/s1. The summed E-state index contributed by atoms with van der Waals surface area (Å²) in [5.74, 6) is -0.992. The Morgan fingerprint density at radius 3 is 2.14 bits per heavy atom. The summed E-state index contributed by atoms with van der Waals surface area (Å²) in [5.41, 5.74) is 0.